The van der Waals surface area contributed by atoms with Crippen LogP contribution in [-0.2, 0) is 6.54 Å². The van der Waals surface area contributed by atoms with Crippen molar-refractivity contribution in [1.29, 1.82) is 0 Å². The molecule has 2 aromatic carbocycles. The molecule has 1 fully saturated rings. The minimum absolute atomic E-state index is 0.250. The third kappa shape index (κ3) is 6.58. The molecule has 1 saturated heterocycles. The fourth-order valence-corrected chi connectivity index (χ4v) is 4.34. The number of benzene rings is 2. The van der Waals surface area contributed by atoms with Gasteiger partial charge in [0, 0.05) is 67.3 Å². The second-order valence-electron chi connectivity index (χ2n) is 9.66. The molecule has 0 aliphatic carbocycles. The second kappa shape index (κ2) is 11.5. The first-order chi connectivity index (χ1) is 16.2. The van der Waals surface area contributed by atoms with Gasteiger partial charge in [-0.1, -0.05) is 32.0 Å². The Labute approximate surface area is 201 Å². The first-order valence-electron chi connectivity index (χ1n) is 11.7. The Balaban J connectivity index is 0.000000302. The SMILES string of the molecule is COc1cc(C)c2[nH]ccc2c1CN1CCN(CC(C)(C)CF)CC1.O=C(O)c1ccccc1. The Bertz CT molecular complexity index is 1070. The monoisotopic (exact) mass is 469 g/mol. The molecule has 1 aromatic heterocycles. The van der Waals surface area contributed by atoms with E-state index in [1.165, 1.54) is 22.0 Å². The van der Waals surface area contributed by atoms with Crippen LogP contribution in [0.25, 0.3) is 10.9 Å². The predicted molar refractivity (Wildman–Crippen MR) is 134 cm³/mol. The van der Waals surface area contributed by atoms with Gasteiger partial charge >= 0.3 is 5.97 Å². The van der Waals surface area contributed by atoms with Crippen LogP contribution in [0.4, 0.5) is 4.39 Å². The zero-order valence-electron chi connectivity index (χ0n) is 20.6. The van der Waals surface area contributed by atoms with Crippen LogP contribution in [-0.4, -0.2) is 72.4 Å². The molecular formula is C27H36FN3O3. The van der Waals surface area contributed by atoms with Gasteiger partial charge in [-0.25, -0.2) is 4.79 Å². The zero-order valence-corrected chi connectivity index (χ0v) is 20.6. The van der Waals surface area contributed by atoms with Gasteiger partial charge in [0.05, 0.1) is 19.3 Å². The lowest BCUT2D eigenvalue weighted by Crippen LogP contribution is -2.49. The molecule has 1 aliphatic heterocycles. The molecule has 34 heavy (non-hydrogen) atoms. The average molecular weight is 470 g/mol. The maximum atomic E-state index is 13.1. The number of alkyl halides is 1. The molecule has 2 heterocycles. The second-order valence-corrected chi connectivity index (χ2v) is 9.66. The Morgan fingerprint density at radius 3 is 2.32 bits per heavy atom. The normalized spacial score (nSPS) is 15.1. The molecule has 7 heteroatoms. The number of hydrogen-bond acceptors (Lipinski definition) is 4. The molecule has 0 spiro atoms. The van der Waals surface area contributed by atoms with Gasteiger partial charge in [0.1, 0.15) is 5.75 Å². The Kier molecular flexibility index (Phi) is 8.69. The summed E-state index contributed by atoms with van der Waals surface area (Å²) in [6.07, 6.45) is 2.00. The van der Waals surface area contributed by atoms with Gasteiger partial charge in [0.25, 0.3) is 0 Å². The zero-order chi connectivity index (χ0) is 24.7. The van der Waals surface area contributed by atoms with E-state index >= 15 is 0 Å². The lowest BCUT2D eigenvalue weighted by Gasteiger charge is -2.38. The Morgan fingerprint density at radius 2 is 1.76 bits per heavy atom. The highest BCUT2D eigenvalue weighted by Crippen LogP contribution is 2.32. The number of halogens is 1. The molecular weight excluding hydrogens is 433 g/mol. The van der Waals surface area contributed by atoms with E-state index in [0.717, 1.165) is 45.0 Å². The minimum Gasteiger partial charge on any atom is -0.496 e. The van der Waals surface area contributed by atoms with Gasteiger partial charge in [-0.15, -0.1) is 0 Å². The number of ether oxygens (including phenoxy) is 1. The lowest BCUT2D eigenvalue weighted by molar-refractivity contribution is 0.0697. The van der Waals surface area contributed by atoms with Crippen LogP contribution in [0.2, 0.25) is 0 Å². The number of carboxylic acids is 1. The van der Waals surface area contributed by atoms with Gasteiger partial charge in [0.2, 0.25) is 0 Å². The highest BCUT2D eigenvalue weighted by atomic mass is 19.1. The van der Waals surface area contributed by atoms with Gasteiger partial charge in [-0.3, -0.25) is 9.29 Å². The van der Waals surface area contributed by atoms with E-state index in [2.05, 4.69) is 33.8 Å². The molecule has 2 N–H and O–H groups in total. The van der Waals surface area contributed by atoms with Gasteiger partial charge in [-0.2, -0.15) is 0 Å². The summed E-state index contributed by atoms with van der Waals surface area (Å²) in [5.41, 5.74) is 3.73. The molecule has 0 radical (unpaired) electrons. The number of H-pyrrole nitrogens is 1. The molecule has 6 nitrogen and oxygen atoms in total. The third-order valence-corrected chi connectivity index (χ3v) is 6.21. The van der Waals surface area contributed by atoms with Gasteiger partial charge in [-0.05, 0) is 36.8 Å². The number of nitrogens with one attached hydrogen (secondary N) is 1. The summed E-state index contributed by atoms with van der Waals surface area (Å²) in [7, 11) is 1.74. The molecule has 184 valence electrons. The number of fused-ring (bicyclic) bond motifs is 1. The van der Waals surface area contributed by atoms with Crippen LogP contribution in [0.5, 0.6) is 5.75 Å². The summed E-state index contributed by atoms with van der Waals surface area (Å²) < 4.78 is 18.7. The molecule has 3 aromatic rings. The van der Waals surface area contributed by atoms with E-state index in [4.69, 9.17) is 9.84 Å². The number of nitrogens with zero attached hydrogens (tertiary/aromatic N) is 2. The number of piperazine rings is 1. The summed E-state index contributed by atoms with van der Waals surface area (Å²) in [5, 5.41) is 9.63. The number of carbonyl (C=O) groups is 1. The van der Waals surface area contributed by atoms with Crippen molar-refractivity contribution in [3.8, 4) is 5.75 Å². The number of aromatic carboxylic acids is 1. The standard InChI is InChI=1S/C20H30FN3O.C7H6O2/c1-15-11-18(25-4)17(16-5-6-22-19(15)16)12-23-7-9-24(10-8-23)14-20(2,3)13-21;8-7(9)6-4-2-1-3-5-6/h5-6,11,22H,7-10,12-14H2,1-4H3;1-5H,(H,8,9). The van der Waals surface area contributed by atoms with E-state index in [1.54, 1.807) is 37.4 Å². The highest BCUT2D eigenvalue weighted by Gasteiger charge is 2.25. The maximum Gasteiger partial charge on any atom is 0.335 e. The van der Waals surface area contributed by atoms with Crippen molar-refractivity contribution in [3.63, 3.8) is 0 Å². The molecule has 0 atom stereocenters. The largest absolute Gasteiger partial charge is 0.496 e. The van der Waals surface area contributed by atoms with E-state index in [0.29, 0.717) is 5.56 Å². The van der Waals surface area contributed by atoms with Crippen molar-refractivity contribution in [1.82, 2.24) is 14.8 Å². The number of methoxy groups -OCH3 is 1. The molecule has 4 rings (SSSR count). The van der Waals surface area contributed by atoms with Gasteiger partial charge in [0.15, 0.2) is 0 Å². The summed E-state index contributed by atoms with van der Waals surface area (Å²) in [4.78, 5) is 18.4. The van der Waals surface area contributed by atoms with E-state index in [9.17, 15) is 9.18 Å². The lowest BCUT2D eigenvalue weighted by atomic mass is 9.94. The third-order valence-electron chi connectivity index (χ3n) is 6.21. The molecule has 0 amide bonds. The smallest absolute Gasteiger partial charge is 0.335 e. The highest BCUT2D eigenvalue weighted by molar-refractivity contribution is 5.88. The fraction of sp³-hybridized carbons (Fsp3) is 0.444. The van der Waals surface area contributed by atoms with Crippen molar-refractivity contribution >= 4 is 16.9 Å². The van der Waals surface area contributed by atoms with E-state index < -0.39 is 5.97 Å². The maximum absolute atomic E-state index is 13.1. The molecule has 0 bridgehead atoms. The number of aromatic amines is 1. The van der Waals surface area contributed by atoms with Crippen molar-refractivity contribution in [2.24, 2.45) is 5.41 Å². The number of aromatic nitrogens is 1. The van der Waals surface area contributed by atoms with Crippen LogP contribution in [0, 0.1) is 12.3 Å². The number of carboxylic acid groups (broad SMARTS) is 1. The summed E-state index contributed by atoms with van der Waals surface area (Å²) >= 11 is 0. The van der Waals surface area contributed by atoms with Crippen LogP contribution in [0.15, 0.2) is 48.7 Å². The summed E-state index contributed by atoms with van der Waals surface area (Å²) in [6, 6.07) is 12.6. The topological polar surface area (TPSA) is 68.8 Å². The van der Waals surface area contributed by atoms with Crippen molar-refractivity contribution in [2.45, 2.75) is 27.3 Å². The van der Waals surface area contributed by atoms with Crippen LogP contribution in [0.1, 0.15) is 35.3 Å². The van der Waals surface area contributed by atoms with Crippen molar-refractivity contribution < 1.29 is 19.0 Å². The average Bonchev–Trinajstić information content (AvgIpc) is 3.33. The first kappa shape index (κ1) is 25.7. The number of aryl methyl sites for hydroxylation is 1. The van der Waals surface area contributed by atoms with Crippen LogP contribution in [0.3, 0.4) is 0 Å². The fourth-order valence-electron chi connectivity index (χ4n) is 4.34. The first-order valence-corrected chi connectivity index (χ1v) is 11.7. The molecule has 0 saturated carbocycles. The number of hydrogen-bond donors (Lipinski definition) is 2. The minimum atomic E-state index is -0.879. The molecule has 0 unspecified atom stereocenters. The summed E-state index contributed by atoms with van der Waals surface area (Å²) in [5.74, 6) is 0.0844. The van der Waals surface area contributed by atoms with Crippen LogP contribution < -0.4 is 4.74 Å². The predicted octanol–water partition coefficient (Wildman–Crippen LogP) is 4.98. The van der Waals surface area contributed by atoms with Crippen LogP contribution >= 0.6 is 0 Å². The van der Waals surface area contributed by atoms with E-state index in [-0.39, 0.29) is 12.1 Å². The Morgan fingerprint density at radius 1 is 1.12 bits per heavy atom. The summed E-state index contributed by atoms with van der Waals surface area (Å²) in [6.45, 7) is 11.6. The number of rotatable bonds is 7. The molecule has 1 aliphatic rings. The van der Waals surface area contributed by atoms with Crippen molar-refractivity contribution in [3.05, 3.63) is 65.4 Å². The Hall–Kier alpha value is -2.90. The van der Waals surface area contributed by atoms with Gasteiger partial charge < -0.3 is 19.7 Å². The quantitative estimate of drug-likeness (QED) is 0.511. The van der Waals surface area contributed by atoms with E-state index in [1.807, 2.05) is 20.0 Å². The van der Waals surface area contributed by atoms with Crippen molar-refractivity contribution in [2.75, 3.05) is 46.5 Å².